The van der Waals surface area contributed by atoms with E-state index >= 15 is 0 Å². The van der Waals surface area contributed by atoms with Gasteiger partial charge in [-0.05, 0) is 62.7 Å². The van der Waals surface area contributed by atoms with Crippen LogP contribution in [-0.2, 0) is 9.47 Å². The zero-order valence-electron chi connectivity index (χ0n) is 23.9. The number of amides is 1. The van der Waals surface area contributed by atoms with E-state index in [-0.39, 0.29) is 24.5 Å². The van der Waals surface area contributed by atoms with Crippen molar-refractivity contribution in [2.45, 2.75) is 25.9 Å². The fraction of sp³-hybridized carbons (Fsp3) is 0.387. The lowest BCUT2D eigenvalue weighted by Crippen LogP contribution is -2.38. The van der Waals surface area contributed by atoms with Gasteiger partial charge in [0.1, 0.15) is 12.6 Å². The summed E-state index contributed by atoms with van der Waals surface area (Å²) in [6.45, 7) is 6.28. The van der Waals surface area contributed by atoms with Crippen molar-refractivity contribution >= 4 is 29.2 Å². The Bertz CT molecular complexity index is 1460. The number of aromatic nitrogens is 2. The van der Waals surface area contributed by atoms with Gasteiger partial charge in [-0.3, -0.25) is 4.79 Å². The van der Waals surface area contributed by atoms with E-state index in [1.807, 2.05) is 37.3 Å². The van der Waals surface area contributed by atoms with Crippen molar-refractivity contribution in [3.8, 4) is 17.3 Å². The average molecular weight is 570 g/mol. The average Bonchev–Trinajstić information content (AvgIpc) is 3.02. The zero-order chi connectivity index (χ0) is 29.5. The highest BCUT2D eigenvalue weighted by molar-refractivity contribution is 5.97. The van der Waals surface area contributed by atoms with Gasteiger partial charge in [0.15, 0.2) is 0 Å². The predicted octanol–water partition coefficient (Wildman–Crippen LogP) is 3.54. The molecule has 2 aromatic carbocycles. The number of anilines is 3. The first-order valence-corrected chi connectivity index (χ1v) is 14.1. The molecule has 2 saturated heterocycles. The van der Waals surface area contributed by atoms with Crippen LogP contribution in [-0.4, -0.2) is 85.8 Å². The van der Waals surface area contributed by atoms with E-state index in [2.05, 4.69) is 32.5 Å². The van der Waals surface area contributed by atoms with Crippen molar-refractivity contribution in [3.63, 3.8) is 0 Å². The molecule has 0 spiro atoms. The van der Waals surface area contributed by atoms with Crippen molar-refractivity contribution < 1.29 is 19.1 Å². The maximum absolute atomic E-state index is 13.5. The van der Waals surface area contributed by atoms with Gasteiger partial charge >= 0.3 is 5.97 Å². The lowest BCUT2D eigenvalue weighted by atomic mass is 10.1. The van der Waals surface area contributed by atoms with E-state index in [9.17, 15) is 9.59 Å². The topological polar surface area (TPSA) is 133 Å². The summed E-state index contributed by atoms with van der Waals surface area (Å²) in [4.78, 5) is 39.2. The molecule has 3 heterocycles. The number of nitriles is 1. The maximum Gasteiger partial charge on any atom is 0.340 e. The van der Waals surface area contributed by atoms with Gasteiger partial charge in [0.2, 0.25) is 5.95 Å². The molecule has 218 valence electrons. The molecule has 11 nitrogen and oxygen atoms in total. The van der Waals surface area contributed by atoms with Gasteiger partial charge in [0.25, 0.3) is 5.91 Å². The van der Waals surface area contributed by atoms with Gasteiger partial charge in [-0.1, -0.05) is 12.1 Å². The number of esters is 1. The molecule has 1 aromatic heterocycles. The van der Waals surface area contributed by atoms with Crippen LogP contribution in [0.2, 0.25) is 0 Å². The Balaban J connectivity index is 1.37. The van der Waals surface area contributed by atoms with E-state index in [0.717, 1.165) is 42.7 Å². The molecule has 5 rings (SSSR count). The standard InChI is InChI=1S/C31H35N7O4/c1-21-20-34-31(36-28(21)22-3-5-23(6-4-22)29(39)33-12-11-32)35-24-7-8-27(38-15-17-41-18-16-38)26(19-24)30(40)42-25-9-13-37(2)14-10-25/h3-8,19-20,25H,9-10,12-18H2,1-2H3,(H,33,39)(H,34,35,36). The lowest BCUT2D eigenvalue weighted by Gasteiger charge is -2.32. The summed E-state index contributed by atoms with van der Waals surface area (Å²) in [7, 11) is 2.08. The van der Waals surface area contributed by atoms with Crippen LogP contribution in [0, 0.1) is 18.3 Å². The molecule has 0 aliphatic carbocycles. The third-order valence-electron chi connectivity index (χ3n) is 7.48. The SMILES string of the molecule is Cc1cnc(Nc2ccc(N3CCOCC3)c(C(=O)OC3CCN(C)CC3)c2)nc1-c1ccc(C(=O)NCC#N)cc1. The number of ether oxygens (including phenoxy) is 2. The number of hydrogen-bond acceptors (Lipinski definition) is 10. The number of carbonyl (C=O) groups is 2. The molecule has 11 heteroatoms. The van der Waals surface area contributed by atoms with E-state index in [1.165, 1.54) is 0 Å². The number of benzene rings is 2. The highest BCUT2D eigenvalue weighted by atomic mass is 16.5. The molecule has 2 N–H and O–H groups in total. The fourth-order valence-electron chi connectivity index (χ4n) is 5.10. The van der Waals surface area contributed by atoms with Gasteiger partial charge in [0, 0.05) is 49.2 Å². The highest BCUT2D eigenvalue weighted by Gasteiger charge is 2.25. The highest BCUT2D eigenvalue weighted by Crippen LogP contribution is 2.29. The summed E-state index contributed by atoms with van der Waals surface area (Å²) in [5.74, 6) is -0.269. The molecule has 0 radical (unpaired) electrons. The lowest BCUT2D eigenvalue weighted by molar-refractivity contribution is 0.0139. The summed E-state index contributed by atoms with van der Waals surface area (Å²) in [5.41, 5.74) is 4.85. The monoisotopic (exact) mass is 569 g/mol. The molecule has 3 aromatic rings. The van der Waals surface area contributed by atoms with Crippen molar-refractivity contribution in [1.82, 2.24) is 20.2 Å². The number of piperidine rings is 1. The number of hydrogen-bond donors (Lipinski definition) is 2. The number of morpholine rings is 1. The van der Waals surface area contributed by atoms with Crippen molar-refractivity contribution in [3.05, 3.63) is 65.4 Å². The van der Waals surface area contributed by atoms with E-state index in [1.54, 1.807) is 24.4 Å². The number of aryl methyl sites for hydroxylation is 1. The largest absolute Gasteiger partial charge is 0.459 e. The second kappa shape index (κ2) is 13.4. The quantitative estimate of drug-likeness (QED) is 0.307. The zero-order valence-corrected chi connectivity index (χ0v) is 23.9. The first-order chi connectivity index (χ1) is 20.4. The smallest absolute Gasteiger partial charge is 0.340 e. The molecular weight excluding hydrogens is 534 g/mol. The first kappa shape index (κ1) is 29.0. The van der Waals surface area contributed by atoms with Crippen LogP contribution in [0.1, 0.15) is 39.1 Å². The Morgan fingerprint density at radius 3 is 2.55 bits per heavy atom. The second-order valence-electron chi connectivity index (χ2n) is 10.5. The van der Waals surface area contributed by atoms with Crippen LogP contribution < -0.4 is 15.5 Å². The van der Waals surface area contributed by atoms with Gasteiger partial charge in [-0.2, -0.15) is 5.26 Å². The molecule has 0 saturated carbocycles. The van der Waals surface area contributed by atoms with Crippen LogP contribution in [0.25, 0.3) is 11.3 Å². The summed E-state index contributed by atoms with van der Waals surface area (Å²) in [5, 5.41) is 14.5. The molecule has 2 aliphatic heterocycles. The van der Waals surface area contributed by atoms with Crippen molar-refractivity contribution in [2.24, 2.45) is 0 Å². The summed E-state index contributed by atoms with van der Waals surface area (Å²) in [6.07, 6.45) is 3.27. The van der Waals surface area contributed by atoms with Crippen molar-refractivity contribution in [2.75, 3.05) is 63.2 Å². The molecule has 2 aliphatic rings. The Morgan fingerprint density at radius 2 is 1.83 bits per heavy atom. The fourth-order valence-corrected chi connectivity index (χ4v) is 5.10. The summed E-state index contributed by atoms with van der Waals surface area (Å²) >= 11 is 0. The molecular formula is C31H35N7O4. The van der Waals surface area contributed by atoms with Gasteiger partial charge in [-0.25, -0.2) is 14.8 Å². The Morgan fingerprint density at radius 1 is 1.10 bits per heavy atom. The molecule has 0 bridgehead atoms. The summed E-state index contributed by atoms with van der Waals surface area (Å²) in [6, 6.07) is 14.6. The molecule has 0 unspecified atom stereocenters. The number of nitrogens with zero attached hydrogens (tertiary/aromatic N) is 5. The predicted molar refractivity (Wildman–Crippen MR) is 159 cm³/mol. The number of likely N-dealkylation sites (tertiary alicyclic amines) is 1. The van der Waals surface area contributed by atoms with Gasteiger partial charge < -0.3 is 29.9 Å². The molecule has 42 heavy (non-hydrogen) atoms. The van der Waals surface area contributed by atoms with Gasteiger partial charge in [-0.15, -0.1) is 0 Å². The number of nitrogens with one attached hydrogen (secondary N) is 2. The number of rotatable bonds is 8. The Labute approximate surface area is 245 Å². The Kier molecular flexibility index (Phi) is 9.26. The minimum absolute atomic E-state index is 0.0499. The van der Waals surface area contributed by atoms with Crippen LogP contribution in [0.5, 0.6) is 0 Å². The van der Waals surface area contributed by atoms with Crippen LogP contribution >= 0.6 is 0 Å². The van der Waals surface area contributed by atoms with Crippen molar-refractivity contribution in [1.29, 1.82) is 5.26 Å². The second-order valence-corrected chi connectivity index (χ2v) is 10.5. The normalized spacial score (nSPS) is 16.0. The van der Waals surface area contributed by atoms with Crippen LogP contribution in [0.4, 0.5) is 17.3 Å². The first-order valence-electron chi connectivity index (χ1n) is 14.1. The minimum atomic E-state index is -0.334. The van der Waals surface area contributed by atoms with E-state index < -0.39 is 0 Å². The van der Waals surface area contributed by atoms with Crippen LogP contribution in [0.3, 0.4) is 0 Å². The van der Waals surface area contributed by atoms with Crippen LogP contribution in [0.15, 0.2) is 48.7 Å². The molecule has 2 fully saturated rings. The van der Waals surface area contributed by atoms with Gasteiger partial charge in [0.05, 0.1) is 36.2 Å². The molecule has 0 atom stereocenters. The Hall–Kier alpha value is -4.53. The number of carbonyl (C=O) groups excluding carboxylic acids is 2. The molecule has 1 amide bonds. The third-order valence-corrected chi connectivity index (χ3v) is 7.48. The maximum atomic E-state index is 13.5. The third kappa shape index (κ3) is 7.02. The summed E-state index contributed by atoms with van der Waals surface area (Å²) < 4.78 is 11.5. The van der Waals surface area contributed by atoms with E-state index in [4.69, 9.17) is 19.7 Å². The minimum Gasteiger partial charge on any atom is -0.459 e. The van der Waals surface area contributed by atoms with E-state index in [0.29, 0.717) is 54.8 Å².